The molecule has 2 fully saturated rings. The SMILES string of the molecule is CC(C)Cc1ccc(C(=O)C2CCN(CC(=O)N3CCCC(C)C3)CC2)cc1. The van der Waals surface area contributed by atoms with Crippen molar-refractivity contribution in [2.75, 3.05) is 32.7 Å². The van der Waals surface area contributed by atoms with Gasteiger partial charge in [0.05, 0.1) is 6.54 Å². The predicted molar refractivity (Wildman–Crippen MR) is 113 cm³/mol. The normalized spacial score (nSPS) is 21.9. The zero-order valence-electron chi connectivity index (χ0n) is 17.8. The lowest BCUT2D eigenvalue weighted by Crippen LogP contribution is -2.47. The molecule has 2 aliphatic rings. The first-order chi connectivity index (χ1) is 13.4. The van der Waals surface area contributed by atoms with E-state index < -0.39 is 0 Å². The Hall–Kier alpha value is -1.68. The fraction of sp³-hybridized carbons (Fsp3) is 0.667. The van der Waals surface area contributed by atoms with Crippen molar-refractivity contribution in [3.8, 4) is 0 Å². The van der Waals surface area contributed by atoms with E-state index in [1.54, 1.807) is 0 Å². The molecule has 4 nitrogen and oxygen atoms in total. The smallest absolute Gasteiger partial charge is 0.236 e. The second-order valence-electron chi connectivity index (χ2n) is 9.30. The molecule has 0 spiro atoms. The summed E-state index contributed by atoms with van der Waals surface area (Å²) in [5.41, 5.74) is 2.14. The van der Waals surface area contributed by atoms with E-state index in [4.69, 9.17) is 0 Å². The molecule has 0 aliphatic carbocycles. The van der Waals surface area contributed by atoms with Gasteiger partial charge in [0.1, 0.15) is 0 Å². The van der Waals surface area contributed by atoms with E-state index in [0.29, 0.717) is 18.4 Å². The Balaban J connectivity index is 1.46. The van der Waals surface area contributed by atoms with Crippen LogP contribution in [0.25, 0.3) is 0 Å². The fourth-order valence-electron chi connectivity index (χ4n) is 4.57. The van der Waals surface area contributed by atoms with Crippen LogP contribution >= 0.6 is 0 Å². The van der Waals surface area contributed by atoms with Gasteiger partial charge < -0.3 is 4.90 Å². The molecule has 1 amide bonds. The number of hydrogen-bond donors (Lipinski definition) is 0. The van der Waals surface area contributed by atoms with Gasteiger partial charge in [-0.25, -0.2) is 0 Å². The molecule has 0 saturated carbocycles. The van der Waals surface area contributed by atoms with Crippen molar-refractivity contribution in [2.45, 2.75) is 52.9 Å². The summed E-state index contributed by atoms with van der Waals surface area (Å²) in [6.07, 6.45) is 5.12. The van der Waals surface area contributed by atoms with Gasteiger partial charge in [0, 0.05) is 24.6 Å². The fourth-order valence-corrected chi connectivity index (χ4v) is 4.57. The van der Waals surface area contributed by atoms with Crippen LogP contribution in [0.1, 0.15) is 62.4 Å². The van der Waals surface area contributed by atoms with Crippen molar-refractivity contribution in [2.24, 2.45) is 17.8 Å². The Morgan fingerprint density at radius 3 is 2.32 bits per heavy atom. The first kappa shape index (κ1) is 21.0. The van der Waals surface area contributed by atoms with Gasteiger partial charge in [-0.2, -0.15) is 0 Å². The number of benzene rings is 1. The Labute approximate surface area is 170 Å². The van der Waals surface area contributed by atoms with E-state index in [9.17, 15) is 9.59 Å². The molecule has 1 aromatic carbocycles. The monoisotopic (exact) mass is 384 g/mol. The molecule has 2 saturated heterocycles. The van der Waals surface area contributed by atoms with Crippen molar-refractivity contribution in [1.29, 1.82) is 0 Å². The maximum atomic E-state index is 12.9. The van der Waals surface area contributed by atoms with Crippen LogP contribution < -0.4 is 0 Å². The summed E-state index contributed by atoms with van der Waals surface area (Å²) >= 11 is 0. The lowest BCUT2D eigenvalue weighted by molar-refractivity contribution is -0.134. The molecule has 28 heavy (non-hydrogen) atoms. The van der Waals surface area contributed by atoms with Gasteiger partial charge in [0.25, 0.3) is 0 Å². The second kappa shape index (κ2) is 9.69. The number of amides is 1. The summed E-state index contributed by atoms with van der Waals surface area (Å²) in [6.45, 7) is 10.7. The van der Waals surface area contributed by atoms with Gasteiger partial charge in [-0.3, -0.25) is 14.5 Å². The standard InChI is InChI=1S/C24H36N2O2/c1-18(2)15-20-6-8-21(9-7-20)24(28)22-10-13-25(14-11-22)17-23(27)26-12-4-5-19(3)16-26/h6-9,18-19,22H,4-5,10-17H2,1-3H3. The molecule has 154 valence electrons. The summed E-state index contributed by atoms with van der Waals surface area (Å²) in [7, 11) is 0. The summed E-state index contributed by atoms with van der Waals surface area (Å²) < 4.78 is 0. The Kier molecular flexibility index (Phi) is 7.28. The largest absolute Gasteiger partial charge is 0.341 e. The van der Waals surface area contributed by atoms with Crippen LogP contribution in [0.3, 0.4) is 0 Å². The molecule has 2 heterocycles. The maximum Gasteiger partial charge on any atom is 0.236 e. The molecule has 1 atom stereocenters. The molecule has 0 N–H and O–H groups in total. The number of carbonyl (C=O) groups excluding carboxylic acids is 2. The van der Waals surface area contributed by atoms with Crippen LogP contribution in [0.15, 0.2) is 24.3 Å². The molecule has 1 unspecified atom stereocenters. The number of likely N-dealkylation sites (tertiary alicyclic amines) is 2. The zero-order valence-corrected chi connectivity index (χ0v) is 17.8. The third kappa shape index (κ3) is 5.66. The summed E-state index contributed by atoms with van der Waals surface area (Å²) in [5, 5.41) is 0. The number of hydrogen-bond acceptors (Lipinski definition) is 3. The highest BCUT2D eigenvalue weighted by Gasteiger charge is 2.28. The Morgan fingerprint density at radius 2 is 1.71 bits per heavy atom. The van der Waals surface area contributed by atoms with Gasteiger partial charge in [-0.1, -0.05) is 45.0 Å². The quantitative estimate of drug-likeness (QED) is 0.695. The molecular weight excluding hydrogens is 348 g/mol. The van der Waals surface area contributed by atoms with Gasteiger partial charge >= 0.3 is 0 Å². The van der Waals surface area contributed by atoms with Crippen LogP contribution in [0, 0.1) is 17.8 Å². The Bertz CT molecular complexity index is 660. The van der Waals surface area contributed by atoms with Crippen LogP contribution in [-0.2, 0) is 11.2 Å². The van der Waals surface area contributed by atoms with Crippen LogP contribution in [-0.4, -0.2) is 54.2 Å². The summed E-state index contributed by atoms with van der Waals surface area (Å²) in [5.74, 6) is 1.87. The topological polar surface area (TPSA) is 40.6 Å². The molecule has 0 bridgehead atoms. The minimum atomic E-state index is 0.0947. The van der Waals surface area contributed by atoms with E-state index in [0.717, 1.165) is 57.4 Å². The maximum absolute atomic E-state index is 12.9. The zero-order chi connectivity index (χ0) is 20.1. The van der Waals surface area contributed by atoms with E-state index in [2.05, 4.69) is 37.8 Å². The number of rotatable bonds is 6. The van der Waals surface area contributed by atoms with E-state index in [-0.39, 0.29) is 17.6 Å². The van der Waals surface area contributed by atoms with Crippen molar-refractivity contribution in [3.05, 3.63) is 35.4 Å². The number of carbonyl (C=O) groups is 2. The third-order valence-corrected chi connectivity index (χ3v) is 6.21. The van der Waals surface area contributed by atoms with Crippen molar-refractivity contribution in [1.82, 2.24) is 9.80 Å². The predicted octanol–water partition coefficient (Wildman–Crippen LogP) is 4.04. The van der Waals surface area contributed by atoms with Crippen molar-refractivity contribution < 1.29 is 9.59 Å². The first-order valence-electron chi connectivity index (χ1n) is 11.1. The number of Topliss-reactive ketones (excluding diaryl/α,β-unsaturated/α-hetero) is 1. The number of nitrogens with zero attached hydrogens (tertiary/aromatic N) is 2. The second-order valence-corrected chi connectivity index (χ2v) is 9.30. The molecule has 0 radical (unpaired) electrons. The van der Waals surface area contributed by atoms with Crippen molar-refractivity contribution in [3.63, 3.8) is 0 Å². The van der Waals surface area contributed by atoms with E-state index in [1.165, 1.54) is 12.0 Å². The van der Waals surface area contributed by atoms with Crippen LogP contribution in [0.2, 0.25) is 0 Å². The first-order valence-corrected chi connectivity index (χ1v) is 11.1. The lowest BCUT2D eigenvalue weighted by Gasteiger charge is -2.35. The van der Waals surface area contributed by atoms with Crippen LogP contribution in [0.5, 0.6) is 0 Å². The van der Waals surface area contributed by atoms with E-state index in [1.807, 2.05) is 17.0 Å². The average molecular weight is 385 g/mol. The average Bonchev–Trinajstić information content (AvgIpc) is 2.68. The molecular formula is C24H36N2O2. The summed E-state index contributed by atoms with van der Waals surface area (Å²) in [6, 6.07) is 8.18. The Morgan fingerprint density at radius 1 is 1.04 bits per heavy atom. The van der Waals surface area contributed by atoms with Gasteiger partial charge in [-0.15, -0.1) is 0 Å². The van der Waals surface area contributed by atoms with Crippen molar-refractivity contribution >= 4 is 11.7 Å². The lowest BCUT2D eigenvalue weighted by atomic mass is 9.88. The molecule has 3 rings (SSSR count). The van der Waals surface area contributed by atoms with Gasteiger partial charge in [0.15, 0.2) is 5.78 Å². The van der Waals surface area contributed by atoms with Crippen LogP contribution in [0.4, 0.5) is 0 Å². The van der Waals surface area contributed by atoms with Gasteiger partial charge in [0.2, 0.25) is 5.91 Å². The van der Waals surface area contributed by atoms with E-state index >= 15 is 0 Å². The molecule has 1 aromatic rings. The van der Waals surface area contributed by atoms with Gasteiger partial charge in [-0.05, 0) is 62.6 Å². The highest BCUT2D eigenvalue weighted by Crippen LogP contribution is 2.23. The third-order valence-electron chi connectivity index (χ3n) is 6.21. The minimum absolute atomic E-state index is 0.0947. The molecule has 2 aliphatic heterocycles. The number of piperidine rings is 2. The molecule has 4 heteroatoms. The highest BCUT2D eigenvalue weighted by molar-refractivity contribution is 5.98. The highest BCUT2D eigenvalue weighted by atomic mass is 16.2. The minimum Gasteiger partial charge on any atom is -0.341 e. The number of ketones is 1. The molecule has 0 aromatic heterocycles. The summed E-state index contributed by atoms with van der Waals surface area (Å²) in [4.78, 5) is 29.7.